The molecule has 2 atom stereocenters. The minimum absolute atomic E-state index is 0.101. The van der Waals surface area contributed by atoms with Crippen molar-refractivity contribution >= 4 is 17.5 Å². The number of carbonyl (C=O) groups is 2. The van der Waals surface area contributed by atoms with Crippen molar-refractivity contribution in [2.75, 3.05) is 0 Å². The molecule has 1 aliphatic heterocycles. The molecule has 2 aliphatic rings. The molecule has 0 N–H and O–H groups in total. The van der Waals surface area contributed by atoms with E-state index in [9.17, 15) is 9.59 Å². The molecule has 0 saturated carbocycles. The molecule has 26 heavy (non-hydrogen) atoms. The van der Waals surface area contributed by atoms with Crippen LogP contribution in [0.4, 0.5) is 0 Å². The third-order valence-electron chi connectivity index (χ3n) is 5.07. The molecule has 0 amide bonds. The van der Waals surface area contributed by atoms with Crippen LogP contribution in [-0.4, -0.2) is 23.6 Å². The smallest absolute Gasteiger partial charge is 0.315 e. The second-order valence-electron chi connectivity index (χ2n) is 8.41. The van der Waals surface area contributed by atoms with Crippen molar-refractivity contribution < 1.29 is 14.3 Å². The lowest BCUT2D eigenvalue weighted by molar-refractivity contribution is -0.150. The Bertz CT molecular complexity index is 787. The highest BCUT2D eigenvalue weighted by molar-refractivity contribution is 6.09. The van der Waals surface area contributed by atoms with Gasteiger partial charge in [-0.2, -0.15) is 0 Å². The molecule has 4 nitrogen and oxygen atoms in total. The number of hydrogen-bond donors (Lipinski definition) is 0. The maximum Gasteiger partial charge on any atom is 0.315 e. The van der Waals surface area contributed by atoms with Gasteiger partial charge < -0.3 is 4.74 Å². The largest absolute Gasteiger partial charge is 0.462 e. The van der Waals surface area contributed by atoms with Crippen LogP contribution in [0.25, 0.3) is 0 Å². The van der Waals surface area contributed by atoms with E-state index in [1.165, 1.54) is 0 Å². The van der Waals surface area contributed by atoms with E-state index in [2.05, 4.69) is 13.8 Å². The second kappa shape index (κ2) is 6.82. The minimum atomic E-state index is -0.552. The predicted molar refractivity (Wildman–Crippen MR) is 102 cm³/mol. The molecule has 0 bridgehead atoms. The lowest BCUT2D eigenvalue weighted by Crippen LogP contribution is -2.40. The Hall–Kier alpha value is -2.23. The van der Waals surface area contributed by atoms with Crippen molar-refractivity contribution in [2.24, 2.45) is 16.3 Å². The standard InChI is InChI=1S/C22H27NO3/c1-13(2)26-21(25)18-14(3)23-16-11-22(4,5)12-17(24)20(16)19(18)15-9-7-6-8-10-15/h6-10,13,18-19H,11-12H2,1-5H3/t18?,19-/m1/s1. The van der Waals surface area contributed by atoms with Crippen LogP contribution in [0.1, 0.15) is 58.9 Å². The van der Waals surface area contributed by atoms with Gasteiger partial charge >= 0.3 is 5.97 Å². The van der Waals surface area contributed by atoms with E-state index < -0.39 is 5.92 Å². The number of allylic oxidation sites excluding steroid dienone is 2. The fraction of sp³-hybridized carbons (Fsp3) is 0.500. The number of benzene rings is 1. The average Bonchev–Trinajstić information content (AvgIpc) is 2.52. The minimum Gasteiger partial charge on any atom is -0.462 e. The summed E-state index contributed by atoms with van der Waals surface area (Å²) in [4.78, 5) is 30.6. The molecule has 4 heteroatoms. The van der Waals surface area contributed by atoms with Gasteiger partial charge in [0, 0.05) is 29.3 Å². The Labute approximate surface area is 155 Å². The topological polar surface area (TPSA) is 55.7 Å². The van der Waals surface area contributed by atoms with Crippen molar-refractivity contribution in [3.05, 3.63) is 47.2 Å². The van der Waals surface area contributed by atoms with Gasteiger partial charge in [0.2, 0.25) is 0 Å². The van der Waals surface area contributed by atoms with E-state index in [0.29, 0.717) is 12.0 Å². The zero-order valence-corrected chi connectivity index (χ0v) is 16.2. The Balaban J connectivity index is 2.14. The Kier molecular flexibility index (Phi) is 4.87. The van der Waals surface area contributed by atoms with Crippen molar-refractivity contribution in [1.82, 2.24) is 0 Å². The summed E-state index contributed by atoms with van der Waals surface area (Å²) in [5.41, 5.74) is 3.13. The number of esters is 1. The molecule has 1 aromatic rings. The predicted octanol–water partition coefficient (Wildman–Crippen LogP) is 4.46. The second-order valence-corrected chi connectivity index (χ2v) is 8.41. The van der Waals surface area contributed by atoms with Gasteiger partial charge in [-0.25, -0.2) is 0 Å². The maximum absolute atomic E-state index is 13.0. The summed E-state index contributed by atoms with van der Waals surface area (Å²) in [5.74, 6) is -1.08. The highest BCUT2D eigenvalue weighted by atomic mass is 16.5. The van der Waals surface area contributed by atoms with Gasteiger partial charge in [0.25, 0.3) is 0 Å². The monoisotopic (exact) mass is 353 g/mol. The summed E-state index contributed by atoms with van der Waals surface area (Å²) >= 11 is 0. The molecular weight excluding hydrogens is 326 g/mol. The fourth-order valence-electron chi connectivity index (χ4n) is 4.08. The molecule has 0 aromatic heterocycles. The van der Waals surface area contributed by atoms with E-state index in [0.717, 1.165) is 23.4 Å². The molecule has 3 rings (SSSR count). The maximum atomic E-state index is 13.0. The number of aliphatic imine (C=N–C) groups is 1. The summed E-state index contributed by atoms with van der Waals surface area (Å²) in [6.07, 6.45) is 1.03. The van der Waals surface area contributed by atoms with Crippen LogP contribution in [0.5, 0.6) is 0 Å². The normalized spacial score (nSPS) is 25.0. The lowest BCUT2D eigenvalue weighted by Gasteiger charge is -2.39. The van der Waals surface area contributed by atoms with Crippen LogP contribution >= 0.6 is 0 Å². The van der Waals surface area contributed by atoms with E-state index in [4.69, 9.17) is 9.73 Å². The number of Topliss-reactive ketones (excluding diaryl/α,β-unsaturated/α-hetero) is 1. The van der Waals surface area contributed by atoms with Crippen molar-refractivity contribution in [1.29, 1.82) is 0 Å². The van der Waals surface area contributed by atoms with Crippen LogP contribution in [0.3, 0.4) is 0 Å². The van der Waals surface area contributed by atoms with Gasteiger partial charge in [0.1, 0.15) is 5.92 Å². The van der Waals surface area contributed by atoms with Crippen LogP contribution in [-0.2, 0) is 14.3 Å². The van der Waals surface area contributed by atoms with Crippen molar-refractivity contribution in [3.63, 3.8) is 0 Å². The van der Waals surface area contributed by atoms with Gasteiger partial charge in [-0.1, -0.05) is 44.2 Å². The number of hydrogen-bond acceptors (Lipinski definition) is 4. The van der Waals surface area contributed by atoms with E-state index in [-0.39, 0.29) is 29.2 Å². The van der Waals surface area contributed by atoms with Gasteiger partial charge in [-0.05, 0) is 38.2 Å². The zero-order chi connectivity index (χ0) is 19.1. The number of ether oxygens (including phenoxy) is 1. The Morgan fingerprint density at radius 3 is 2.46 bits per heavy atom. The molecule has 0 saturated heterocycles. The summed E-state index contributed by atoms with van der Waals surface area (Å²) in [7, 11) is 0. The molecule has 1 unspecified atom stereocenters. The van der Waals surface area contributed by atoms with Crippen molar-refractivity contribution in [3.8, 4) is 0 Å². The zero-order valence-electron chi connectivity index (χ0n) is 16.2. The third kappa shape index (κ3) is 3.50. The van der Waals surface area contributed by atoms with Gasteiger partial charge in [-0.15, -0.1) is 0 Å². The Morgan fingerprint density at radius 2 is 1.85 bits per heavy atom. The highest BCUT2D eigenvalue weighted by Gasteiger charge is 2.46. The van der Waals surface area contributed by atoms with Gasteiger partial charge in [0.15, 0.2) is 5.78 Å². The van der Waals surface area contributed by atoms with Gasteiger partial charge in [0.05, 0.1) is 6.10 Å². The lowest BCUT2D eigenvalue weighted by atomic mass is 9.67. The first-order valence-electron chi connectivity index (χ1n) is 9.26. The molecule has 1 heterocycles. The highest BCUT2D eigenvalue weighted by Crippen LogP contribution is 2.47. The first-order valence-corrected chi connectivity index (χ1v) is 9.26. The molecule has 138 valence electrons. The van der Waals surface area contributed by atoms with E-state index in [1.54, 1.807) is 0 Å². The summed E-state index contributed by atoms with van der Waals surface area (Å²) in [6.45, 7) is 9.73. The van der Waals surface area contributed by atoms with Crippen LogP contribution in [0.15, 0.2) is 46.6 Å². The van der Waals surface area contributed by atoms with Gasteiger partial charge in [-0.3, -0.25) is 14.6 Å². The van der Waals surface area contributed by atoms with Crippen molar-refractivity contribution in [2.45, 2.75) is 59.5 Å². The SMILES string of the molecule is CC1=NC2=C(C(=O)CC(C)(C)C2)[C@H](c2ccccc2)C1C(=O)OC(C)C. The quantitative estimate of drug-likeness (QED) is 0.754. The number of ketones is 1. The first kappa shape index (κ1) is 18.6. The molecule has 0 spiro atoms. The molecule has 0 fully saturated rings. The molecular formula is C22H27NO3. The number of rotatable bonds is 3. The first-order chi connectivity index (χ1) is 12.2. The van der Waals surface area contributed by atoms with Crippen LogP contribution in [0, 0.1) is 11.3 Å². The average molecular weight is 353 g/mol. The van der Waals surface area contributed by atoms with Crippen LogP contribution in [0.2, 0.25) is 0 Å². The summed E-state index contributed by atoms with van der Waals surface area (Å²) < 4.78 is 5.51. The van der Waals surface area contributed by atoms with E-state index in [1.807, 2.05) is 51.1 Å². The molecule has 1 aromatic carbocycles. The number of carbonyl (C=O) groups excluding carboxylic acids is 2. The third-order valence-corrected chi connectivity index (χ3v) is 5.07. The summed E-state index contributed by atoms with van der Waals surface area (Å²) in [5, 5.41) is 0. The molecule has 0 radical (unpaired) electrons. The Morgan fingerprint density at radius 1 is 1.19 bits per heavy atom. The molecule has 1 aliphatic carbocycles. The van der Waals surface area contributed by atoms with Crippen LogP contribution < -0.4 is 0 Å². The fourth-order valence-corrected chi connectivity index (χ4v) is 4.08. The number of nitrogens with zero attached hydrogens (tertiary/aromatic N) is 1. The van der Waals surface area contributed by atoms with E-state index >= 15 is 0 Å². The summed E-state index contributed by atoms with van der Waals surface area (Å²) in [6, 6.07) is 9.79.